The third-order valence-electron chi connectivity index (χ3n) is 4.45. The summed E-state index contributed by atoms with van der Waals surface area (Å²) in [6.07, 6.45) is -8.22. The molecule has 0 aliphatic heterocycles. The lowest BCUT2D eigenvalue weighted by Gasteiger charge is -2.10. The third-order valence-corrected chi connectivity index (χ3v) is 5.44. The third kappa shape index (κ3) is 5.81. The molecule has 0 aliphatic carbocycles. The quantitative estimate of drug-likeness (QED) is 0.369. The van der Waals surface area contributed by atoms with Crippen molar-refractivity contribution >= 4 is 28.3 Å². The summed E-state index contributed by atoms with van der Waals surface area (Å²) in [7, 11) is 0. The van der Waals surface area contributed by atoms with Crippen molar-refractivity contribution in [2.24, 2.45) is 5.92 Å². The lowest BCUT2D eigenvalue weighted by molar-refractivity contribution is -0.138. The second-order valence-corrected chi connectivity index (χ2v) is 8.60. The number of alkyl halides is 6. The highest BCUT2D eigenvalue weighted by molar-refractivity contribution is 7.16. The van der Waals surface area contributed by atoms with Gasteiger partial charge < -0.3 is 10.4 Å². The Hall–Kier alpha value is -3.15. The molecule has 3 aromatic rings. The molecule has 0 spiro atoms. The molecule has 0 atom stereocenters. The highest BCUT2D eigenvalue weighted by Crippen LogP contribution is 2.37. The molecule has 0 amide bonds. The Labute approximate surface area is 188 Å². The van der Waals surface area contributed by atoms with Crippen LogP contribution in [-0.4, -0.2) is 21.0 Å². The number of carbonyl (C=O) groups is 1. The predicted molar refractivity (Wildman–Crippen MR) is 111 cm³/mol. The van der Waals surface area contributed by atoms with Crippen molar-refractivity contribution in [1.82, 2.24) is 9.97 Å². The number of aromatic carboxylic acids is 1. The minimum atomic E-state index is -4.77. The number of nitrogens with one attached hydrogen (secondary N) is 1. The molecule has 0 radical (unpaired) electrons. The first-order valence-electron chi connectivity index (χ1n) is 9.50. The van der Waals surface area contributed by atoms with Crippen molar-refractivity contribution in [2.75, 3.05) is 5.32 Å². The number of benzene rings is 1. The van der Waals surface area contributed by atoms with Crippen LogP contribution in [0, 0.1) is 5.92 Å². The lowest BCUT2D eigenvalue weighted by Crippen LogP contribution is -2.11. The molecule has 5 nitrogen and oxygen atoms in total. The average molecular weight is 489 g/mol. The minimum absolute atomic E-state index is 0.148. The van der Waals surface area contributed by atoms with E-state index >= 15 is 0 Å². The van der Waals surface area contributed by atoms with E-state index in [1.54, 1.807) is 0 Å². The van der Waals surface area contributed by atoms with E-state index in [0.29, 0.717) is 29.9 Å². The number of pyridine rings is 1. The number of hydrogen-bond donors (Lipinski definition) is 2. The van der Waals surface area contributed by atoms with Crippen LogP contribution in [0.15, 0.2) is 36.5 Å². The maximum Gasteiger partial charge on any atom is 0.417 e. The fraction of sp³-hybridized carbons (Fsp3) is 0.286. The molecule has 0 fully saturated rings. The largest absolute Gasteiger partial charge is 0.478 e. The summed E-state index contributed by atoms with van der Waals surface area (Å²) < 4.78 is 77.4. The summed E-state index contributed by atoms with van der Waals surface area (Å²) in [6, 6.07) is 4.90. The molecular formula is C21H17F6N3O2S. The van der Waals surface area contributed by atoms with Crippen LogP contribution in [0.25, 0.3) is 11.3 Å². The predicted octanol–water partition coefficient (Wildman–Crippen LogP) is 6.88. The molecule has 0 saturated heterocycles. The number of rotatable bonds is 6. The molecule has 3 rings (SSSR count). The van der Waals surface area contributed by atoms with Gasteiger partial charge in [0.25, 0.3) is 0 Å². The summed E-state index contributed by atoms with van der Waals surface area (Å²) >= 11 is 1.12. The van der Waals surface area contributed by atoms with Gasteiger partial charge in [-0.05, 0) is 30.5 Å². The number of halogens is 6. The number of hydrogen-bond acceptors (Lipinski definition) is 5. The van der Waals surface area contributed by atoms with Crippen molar-refractivity contribution in [3.05, 3.63) is 58.1 Å². The zero-order valence-electron chi connectivity index (χ0n) is 17.2. The minimum Gasteiger partial charge on any atom is -0.478 e. The van der Waals surface area contributed by atoms with Crippen molar-refractivity contribution in [2.45, 2.75) is 32.6 Å². The van der Waals surface area contributed by atoms with E-state index < -0.39 is 35.0 Å². The van der Waals surface area contributed by atoms with Gasteiger partial charge in [-0.15, -0.1) is 11.3 Å². The summed E-state index contributed by atoms with van der Waals surface area (Å²) in [4.78, 5) is 20.2. The number of nitrogens with zero attached hydrogens (tertiary/aromatic N) is 2. The van der Waals surface area contributed by atoms with Crippen LogP contribution in [0.1, 0.15) is 40.2 Å². The molecule has 33 heavy (non-hydrogen) atoms. The highest BCUT2D eigenvalue weighted by atomic mass is 32.1. The van der Waals surface area contributed by atoms with Gasteiger partial charge in [-0.3, -0.25) is 0 Å². The van der Waals surface area contributed by atoms with Crippen molar-refractivity contribution in [3.63, 3.8) is 0 Å². The van der Waals surface area contributed by atoms with Gasteiger partial charge in [0.05, 0.1) is 16.8 Å². The molecule has 0 saturated carbocycles. The van der Waals surface area contributed by atoms with Crippen LogP contribution in [0.2, 0.25) is 0 Å². The van der Waals surface area contributed by atoms with E-state index in [0.717, 1.165) is 28.3 Å². The topological polar surface area (TPSA) is 75.1 Å². The fourth-order valence-electron chi connectivity index (χ4n) is 2.94. The Morgan fingerprint density at radius 1 is 1.06 bits per heavy atom. The number of aromatic nitrogens is 2. The lowest BCUT2D eigenvalue weighted by atomic mass is 10.0. The maximum atomic E-state index is 12.9. The number of anilines is 2. The molecule has 12 heteroatoms. The van der Waals surface area contributed by atoms with E-state index in [4.69, 9.17) is 0 Å². The summed E-state index contributed by atoms with van der Waals surface area (Å²) in [6.45, 7) is 3.87. The Morgan fingerprint density at radius 3 is 2.18 bits per heavy atom. The van der Waals surface area contributed by atoms with Gasteiger partial charge in [-0.25, -0.2) is 14.8 Å². The van der Waals surface area contributed by atoms with Crippen LogP contribution in [0.4, 0.5) is 37.3 Å². The first kappa shape index (κ1) is 24.5. The van der Waals surface area contributed by atoms with Gasteiger partial charge in [-0.1, -0.05) is 26.0 Å². The Bertz CT molecular complexity index is 1150. The summed E-state index contributed by atoms with van der Waals surface area (Å²) in [5.41, 5.74) is -1.90. The van der Waals surface area contributed by atoms with E-state index in [-0.39, 0.29) is 16.9 Å². The molecule has 2 heterocycles. The molecule has 0 aliphatic rings. The Balaban J connectivity index is 2.00. The van der Waals surface area contributed by atoms with E-state index in [1.165, 1.54) is 12.1 Å². The Morgan fingerprint density at radius 2 is 1.67 bits per heavy atom. The van der Waals surface area contributed by atoms with Crippen molar-refractivity contribution < 1.29 is 36.2 Å². The maximum absolute atomic E-state index is 12.9. The molecule has 0 unspecified atom stereocenters. The van der Waals surface area contributed by atoms with E-state index in [2.05, 4.69) is 15.3 Å². The molecule has 1 aromatic carbocycles. The molecule has 2 aromatic heterocycles. The van der Waals surface area contributed by atoms with Crippen LogP contribution >= 0.6 is 11.3 Å². The van der Waals surface area contributed by atoms with Gasteiger partial charge in [0.1, 0.15) is 11.4 Å². The SMILES string of the molecule is CC(C)Cc1sc(Nc2ncc(C(F)(F)F)cc2C(=O)O)nc1-c1ccc(C(F)(F)F)cc1. The smallest absolute Gasteiger partial charge is 0.417 e. The summed E-state index contributed by atoms with van der Waals surface area (Å²) in [5.74, 6) is -1.78. The van der Waals surface area contributed by atoms with Crippen LogP contribution < -0.4 is 5.32 Å². The fourth-order valence-corrected chi connectivity index (χ4v) is 4.14. The normalized spacial score (nSPS) is 12.3. The van der Waals surface area contributed by atoms with Crippen LogP contribution in [0.5, 0.6) is 0 Å². The molecular weight excluding hydrogens is 472 g/mol. The molecule has 2 N–H and O–H groups in total. The molecule has 0 bridgehead atoms. The van der Waals surface area contributed by atoms with Gasteiger partial charge in [0.2, 0.25) is 0 Å². The van der Waals surface area contributed by atoms with Gasteiger partial charge in [0.15, 0.2) is 5.13 Å². The zero-order chi connectivity index (χ0) is 24.6. The van der Waals surface area contributed by atoms with Crippen molar-refractivity contribution in [3.8, 4) is 11.3 Å². The second-order valence-electron chi connectivity index (χ2n) is 7.51. The first-order chi connectivity index (χ1) is 15.3. The van der Waals surface area contributed by atoms with Gasteiger partial charge in [0, 0.05) is 16.6 Å². The van der Waals surface area contributed by atoms with Crippen LogP contribution in [-0.2, 0) is 18.8 Å². The van der Waals surface area contributed by atoms with Crippen LogP contribution in [0.3, 0.4) is 0 Å². The highest BCUT2D eigenvalue weighted by Gasteiger charge is 2.33. The second kappa shape index (κ2) is 9.00. The first-order valence-corrected chi connectivity index (χ1v) is 10.3. The average Bonchev–Trinajstić information content (AvgIpc) is 3.08. The summed E-state index contributed by atoms with van der Waals surface area (Å²) in [5, 5.41) is 12.1. The van der Waals surface area contributed by atoms with Gasteiger partial charge >= 0.3 is 18.3 Å². The van der Waals surface area contributed by atoms with E-state index in [1.807, 2.05) is 13.8 Å². The number of carboxylic acids is 1. The zero-order valence-corrected chi connectivity index (χ0v) is 18.0. The number of carboxylic acid groups (broad SMARTS) is 1. The molecule has 176 valence electrons. The monoisotopic (exact) mass is 489 g/mol. The number of thiazole rings is 1. The van der Waals surface area contributed by atoms with Crippen molar-refractivity contribution in [1.29, 1.82) is 0 Å². The van der Waals surface area contributed by atoms with E-state index in [9.17, 15) is 36.2 Å². The van der Waals surface area contributed by atoms with Gasteiger partial charge in [-0.2, -0.15) is 26.3 Å². The standard InChI is InChI=1S/C21H17F6N3O2S/c1-10(2)7-15-16(11-3-5-12(6-4-11)20(22,23)24)29-19(33-15)30-17-14(18(31)32)8-13(9-28-17)21(25,26)27/h3-6,8-10H,7H2,1-2H3,(H,31,32)(H,28,29,30). The Kier molecular flexibility index (Phi) is 6.68.